The van der Waals surface area contributed by atoms with Crippen molar-refractivity contribution < 1.29 is 9.47 Å². The van der Waals surface area contributed by atoms with E-state index in [-0.39, 0.29) is 0 Å². The second-order valence-corrected chi connectivity index (χ2v) is 7.09. The molecule has 0 atom stereocenters. The van der Waals surface area contributed by atoms with E-state index in [1.54, 1.807) is 14.2 Å². The lowest BCUT2D eigenvalue weighted by molar-refractivity contribution is 0.414. The van der Waals surface area contributed by atoms with Crippen LogP contribution >= 0.6 is 0 Å². The zero-order chi connectivity index (χ0) is 22.2. The van der Waals surface area contributed by atoms with E-state index in [0.29, 0.717) is 0 Å². The molecule has 4 nitrogen and oxygen atoms in total. The summed E-state index contributed by atoms with van der Waals surface area (Å²) in [5, 5.41) is 0. The van der Waals surface area contributed by atoms with E-state index in [1.807, 2.05) is 85.2 Å². The van der Waals surface area contributed by atoms with Crippen molar-refractivity contribution in [2.24, 2.45) is 9.98 Å². The molecule has 0 aliphatic carbocycles. The number of aliphatic imine (C=N–C) groups is 2. The summed E-state index contributed by atoms with van der Waals surface area (Å²) in [4.78, 5) is 9.13. The Hall–Kier alpha value is -4.18. The van der Waals surface area contributed by atoms with Gasteiger partial charge in [-0.2, -0.15) is 0 Å². The predicted octanol–water partition coefficient (Wildman–Crippen LogP) is 6.87. The second-order valence-electron chi connectivity index (χ2n) is 7.09. The molecule has 0 N–H and O–H groups in total. The highest BCUT2D eigenvalue weighted by Crippen LogP contribution is 2.26. The van der Waals surface area contributed by atoms with Crippen molar-refractivity contribution in [2.45, 2.75) is 0 Å². The first kappa shape index (κ1) is 21.1. The molecule has 0 saturated carbocycles. The minimum atomic E-state index is 0.807. The van der Waals surface area contributed by atoms with Crippen LogP contribution in [0.3, 0.4) is 0 Å². The Morgan fingerprint density at radius 3 is 1.25 bits per heavy atom. The minimum absolute atomic E-state index is 0.807. The van der Waals surface area contributed by atoms with E-state index in [4.69, 9.17) is 9.47 Å². The lowest BCUT2D eigenvalue weighted by Gasteiger charge is -2.05. The molecule has 4 aromatic rings. The third-order valence-electron chi connectivity index (χ3n) is 5.05. The largest absolute Gasteiger partial charge is 0.496 e. The maximum absolute atomic E-state index is 5.37. The Bertz CT molecular complexity index is 1130. The zero-order valence-corrected chi connectivity index (χ0v) is 18.1. The van der Waals surface area contributed by atoms with Crippen molar-refractivity contribution in [3.05, 3.63) is 108 Å². The average Bonchev–Trinajstić information content (AvgIpc) is 2.87. The van der Waals surface area contributed by atoms with E-state index < -0.39 is 0 Å². The van der Waals surface area contributed by atoms with Crippen LogP contribution < -0.4 is 9.47 Å². The van der Waals surface area contributed by atoms with Gasteiger partial charge in [0.05, 0.1) is 25.6 Å². The fraction of sp³-hybridized carbons (Fsp3) is 0.0714. The van der Waals surface area contributed by atoms with Crippen molar-refractivity contribution >= 4 is 23.8 Å². The number of hydrogen-bond donors (Lipinski definition) is 0. The molecule has 0 aliphatic heterocycles. The number of rotatable bonds is 7. The lowest BCUT2D eigenvalue weighted by Crippen LogP contribution is -1.89. The third kappa shape index (κ3) is 5.10. The molecule has 0 fully saturated rings. The number of para-hydroxylation sites is 2. The first-order valence-corrected chi connectivity index (χ1v) is 10.3. The average molecular weight is 421 g/mol. The first-order valence-electron chi connectivity index (χ1n) is 10.3. The SMILES string of the molecule is COc1ccccc1C=Nc1ccc(-c2ccc(N=Cc3ccccc3OC)cc2)cc1. The van der Waals surface area contributed by atoms with Crippen molar-refractivity contribution in [3.63, 3.8) is 0 Å². The summed E-state index contributed by atoms with van der Waals surface area (Å²) in [6.07, 6.45) is 3.64. The number of methoxy groups -OCH3 is 2. The van der Waals surface area contributed by atoms with Gasteiger partial charge < -0.3 is 9.47 Å². The molecule has 4 heteroatoms. The Balaban J connectivity index is 1.45. The fourth-order valence-corrected chi connectivity index (χ4v) is 3.31. The molecule has 4 rings (SSSR count). The molecule has 0 bridgehead atoms. The van der Waals surface area contributed by atoms with Crippen LogP contribution in [-0.2, 0) is 0 Å². The Labute approximate surface area is 188 Å². The highest BCUT2D eigenvalue weighted by Gasteiger charge is 2.01. The van der Waals surface area contributed by atoms with Crippen molar-refractivity contribution in [1.82, 2.24) is 0 Å². The van der Waals surface area contributed by atoms with E-state index in [2.05, 4.69) is 34.3 Å². The fourth-order valence-electron chi connectivity index (χ4n) is 3.31. The van der Waals surface area contributed by atoms with Gasteiger partial charge in [-0.15, -0.1) is 0 Å². The molecule has 0 aliphatic rings. The Morgan fingerprint density at radius 1 is 0.500 bits per heavy atom. The van der Waals surface area contributed by atoms with Crippen molar-refractivity contribution in [1.29, 1.82) is 0 Å². The van der Waals surface area contributed by atoms with Crippen LogP contribution in [0.25, 0.3) is 11.1 Å². The third-order valence-corrected chi connectivity index (χ3v) is 5.05. The van der Waals surface area contributed by atoms with Crippen molar-refractivity contribution in [3.8, 4) is 22.6 Å². The van der Waals surface area contributed by atoms with Gasteiger partial charge in [0.1, 0.15) is 11.5 Å². The minimum Gasteiger partial charge on any atom is -0.496 e. The molecule has 4 aromatic carbocycles. The standard InChI is InChI=1S/C28H24N2O2/c1-31-27-9-5-3-7-23(27)19-29-25-15-11-21(12-16-25)22-13-17-26(18-14-22)30-20-24-8-4-6-10-28(24)32-2/h3-20H,1-2H3. The number of hydrogen-bond acceptors (Lipinski definition) is 4. The highest BCUT2D eigenvalue weighted by molar-refractivity contribution is 5.86. The van der Waals surface area contributed by atoms with Gasteiger partial charge in [0.15, 0.2) is 0 Å². The molecule has 0 heterocycles. The van der Waals surface area contributed by atoms with Gasteiger partial charge in [-0.25, -0.2) is 0 Å². The predicted molar refractivity (Wildman–Crippen MR) is 132 cm³/mol. The molecular formula is C28H24N2O2. The van der Waals surface area contributed by atoms with Crippen LogP contribution in [0.2, 0.25) is 0 Å². The molecule has 0 saturated heterocycles. The van der Waals surface area contributed by atoms with Gasteiger partial charge in [0.2, 0.25) is 0 Å². The molecule has 0 radical (unpaired) electrons. The van der Waals surface area contributed by atoms with Crippen molar-refractivity contribution in [2.75, 3.05) is 14.2 Å². The van der Waals surface area contributed by atoms with Gasteiger partial charge >= 0.3 is 0 Å². The zero-order valence-electron chi connectivity index (χ0n) is 18.1. The van der Waals surface area contributed by atoms with Gasteiger partial charge in [-0.1, -0.05) is 48.5 Å². The molecule has 32 heavy (non-hydrogen) atoms. The smallest absolute Gasteiger partial charge is 0.127 e. The van der Waals surface area contributed by atoms with Gasteiger partial charge in [-0.05, 0) is 59.7 Å². The van der Waals surface area contributed by atoms with Gasteiger partial charge in [-0.3, -0.25) is 9.98 Å². The lowest BCUT2D eigenvalue weighted by atomic mass is 10.1. The van der Waals surface area contributed by atoms with Crippen LogP contribution in [0.4, 0.5) is 11.4 Å². The first-order chi connectivity index (χ1) is 15.8. The molecule has 0 amide bonds. The van der Waals surface area contributed by atoms with E-state index in [0.717, 1.165) is 45.1 Å². The quantitative estimate of drug-likeness (QED) is 0.306. The topological polar surface area (TPSA) is 43.2 Å². The van der Waals surface area contributed by atoms with Gasteiger partial charge in [0, 0.05) is 23.6 Å². The number of nitrogens with zero attached hydrogens (tertiary/aromatic N) is 2. The Morgan fingerprint density at radius 2 is 0.875 bits per heavy atom. The van der Waals surface area contributed by atoms with E-state index in [9.17, 15) is 0 Å². The highest BCUT2D eigenvalue weighted by atomic mass is 16.5. The van der Waals surface area contributed by atoms with Gasteiger partial charge in [0.25, 0.3) is 0 Å². The number of benzene rings is 4. The van der Waals surface area contributed by atoms with E-state index >= 15 is 0 Å². The summed E-state index contributed by atoms with van der Waals surface area (Å²) >= 11 is 0. The maximum atomic E-state index is 5.37. The summed E-state index contributed by atoms with van der Waals surface area (Å²) in [6.45, 7) is 0. The van der Waals surface area contributed by atoms with E-state index in [1.165, 1.54) is 0 Å². The molecule has 0 spiro atoms. The molecule has 0 unspecified atom stereocenters. The second kappa shape index (κ2) is 10.2. The van der Waals surface area contributed by atoms with Crippen LogP contribution in [0.5, 0.6) is 11.5 Å². The van der Waals surface area contributed by atoms with Crippen LogP contribution in [-0.4, -0.2) is 26.6 Å². The maximum Gasteiger partial charge on any atom is 0.127 e. The summed E-state index contributed by atoms with van der Waals surface area (Å²) in [5.41, 5.74) is 5.92. The van der Waals surface area contributed by atoms with Crippen LogP contribution in [0.15, 0.2) is 107 Å². The number of ether oxygens (including phenoxy) is 2. The molecule has 158 valence electrons. The van der Waals surface area contributed by atoms with Crippen LogP contribution in [0.1, 0.15) is 11.1 Å². The summed E-state index contributed by atoms with van der Waals surface area (Å²) in [6, 6.07) is 32.0. The summed E-state index contributed by atoms with van der Waals surface area (Å²) < 4.78 is 10.7. The summed E-state index contributed by atoms with van der Waals surface area (Å²) in [5.74, 6) is 1.61. The monoisotopic (exact) mass is 420 g/mol. The molecular weight excluding hydrogens is 396 g/mol. The summed E-state index contributed by atoms with van der Waals surface area (Å²) in [7, 11) is 3.33. The normalized spacial score (nSPS) is 11.2. The Kier molecular flexibility index (Phi) is 6.73. The van der Waals surface area contributed by atoms with Crippen LogP contribution in [0, 0.1) is 0 Å². The molecule has 0 aromatic heterocycles.